The van der Waals surface area contributed by atoms with Crippen molar-refractivity contribution in [3.63, 3.8) is 0 Å². The first-order chi connectivity index (χ1) is 12.2. The topological polar surface area (TPSA) is 55.4 Å². The van der Waals surface area contributed by atoms with Crippen molar-refractivity contribution in [1.29, 1.82) is 0 Å². The molecule has 1 aromatic carbocycles. The Morgan fingerprint density at radius 1 is 1.16 bits per heavy atom. The molecule has 0 unspecified atom stereocenters. The third-order valence-electron chi connectivity index (χ3n) is 4.97. The van der Waals surface area contributed by atoms with Crippen LogP contribution in [0.2, 0.25) is 0 Å². The van der Waals surface area contributed by atoms with Gasteiger partial charge in [0.1, 0.15) is 4.70 Å². The molecule has 0 aliphatic carbocycles. The van der Waals surface area contributed by atoms with Gasteiger partial charge < -0.3 is 0 Å². The number of benzene rings is 1. The Morgan fingerprint density at radius 2 is 2.00 bits per heavy atom. The van der Waals surface area contributed by atoms with Gasteiger partial charge in [0.2, 0.25) is 5.78 Å². The first-order valence-corrected chi connectivity index (χ1v) is 9.19. The number of aryl methyl sites for hydroxylation is 1. The quantitative estimate of drug-likeness (QED) is 0.556. The van der Waals surface area contributed by atoms with Crippen LogP contribution in [-0.4, -0.2) is 30.6 Å². The number of nitrogens with zero attached hydrogens (tertiary/aromatic N) is 5. The van der Waals surface area contributed by atoms with Crippen molar-refractivity contribution in [3.05, 3.63) is 63.0 Å². The van der Waals surface area contributed by atoms with Gasteiger partial charge in [-0.3, -0.25) is 18.7 Å². The highest BCUT2D eigenvalue weighted by molar-refractivity contribution is 7.17. The summed E-state index contributed by atoms with van der Waals surface area (Å²) >= 11 is 1.47. The third-order valence-corrected chi connectivity index (χ3v) is 5.86. The van der Waals surface area contributed by atoms with E-state index in [0.717, 1.165) is 42.1 Å². The average molecular weight is 351 g/mol. The summed E-state index contributed by atoms with van der Waals surface area (Å²) in [5, 5.41) is 10.6. The zero-order valence-corrected chi connectivity index (χ0v) is 14.7. The largest absolute Gasteiger partial charge is 0.291 e. The van der Waals surface area contributed by atoms with Crippen LogP contribution in [0.3, 0.4) is 0 Å². The fraction of sp³-hybridized carbons (Fsp3) is 0.278. The van der Waals surface area contributed by atoms with E-state index in [1.807, 2.05) is 15.8 Å². The summed E-state index contributed by atoms with van der Waals surface area (Å²) in [5.74, 6) is 1.48. The van der Waals surface area contributed by atoms with E-state index in [2.05, 4.69) is 39.4 Å². The first-order valence-electron chi connectivity index (χ1n) is 8.32. The van der Waals surface area contributed by atoms with Crippen molar-refractivity contribution in [1.82, 2.24) is 24.1 Å². The van der Waals surface area contributed by atoms with Gasteiger partial charge >= 0.3 is 0 Å². The van der Waals surface area contributed by atoms with E-state index in [9.17, 15) is 4.79 Å². The Bertz CT molecular complexity index is 1160. The van der Waals surface area contributed by atoms with E-state index in [0.29, 0.717) is 5.78 Å². The van der Waals surface area contributed by atoms with Crippen molar-refractivity contribution >= 4 is 27.3 Å². The predicted octanol–water partition coefficient (Wildman–Crippen LogP) is 2.20. The Labute approximate surface area is 148 Å². The number of hydrogen-bond acceptors (Lipinski definition) is 5. The summed E-state index contributed by atoms with van der Waals surface area (Å²) < 4.78 is 4.36. The normalized spacial score (nSPS) is 15.1. The molecule has 0 spiro atoms. The van der Waals surface area contributed by atoms with E-state index in [1.54, 1.807) is 11.6 Å². The summed E-state index contributed by atoms with van der Waals surface area (Å²) in [6, 6.07) is 10.6. The fourth-order valence-corrected chi connectivity index (χ4v) is 4.50. The molecule has 0 saturated heterocycles. The van der Waals surface area contributed by atoms with Gasteiger partial charge in [-0.2, -0.15) is 0 Å². The van der Waals surface area contributed by atoms with E-state index < -0.39 is 0 Å². The summed E-state index contributed by atoms with van der Waals surface area (Å²) in [4.78, 5) is 14.8. The van der Waals surface area contributed by atoms with Crippen molar-refractivity contribution in [2.24, 2.45) is 7.05 Å². The van der Waals surface area contributed by atoms with E-state index >= 15 is 0 Å². The van der Waals surface area contributed by atoms with E-state index in [-0.39, 0.29) is 5.56 Å². The van der Waals surface area contributed by atoms with Crippen LogP contribution in [0.1, 0.15) is 17.0 Å². The molecule has 4 aromatic rings. The molecule has 6 nitrogen and oxygen atoms in total. The maximum Gasteiger partial charge on any atom is 0.272 e. The monoisotopic (exact) mass is 351 g/mol. The molecule has 0 N–H and O–H groups in total. The molecule has 25 heavy (non-hydrogen) atoms. The predicted molar refractivity (Wildman–Crippen MR) is 97.9 cm³/mol. The van der Waals surface area contributed by atoms with Crippen molar-refractivity contribution in [3.8, 4) is 0 Å². The van der Waals surface area contributed by atoms with Crippen LogP contribution in [0.15, 0.2) is 40.5 Å². The zero-order chi connectivity index (χ0) is 17.0. The summed E-state index contributed by atoms with van der Waals surface area (Å²) in [5.41, 5.74) is 3.71. The van der Waals surface area contributed by atoms with Crippen LogP contribution in [0.5, 0.6) is 0 Å². The van der Waals surface area contributed by atoms with Gasteiger partial charge in [0.15, 0.2) is 5.82 Å². The lowest BCUT2D eigenvalue weighted by Gasteiger charge is -2.28. The van der Waals surface area contributed by atoms with Gasteiger partial charge in [0, 0.05) is 20.1 Å². The number of aromatic nitrogens is 4. The van der Waals surface area contributed by atoms with Gasteiger partial charge in [-0.25, -0.2) is 0 Å². The first kappa shape index (κ1) is 14.8. The molecule has 3 aromatic heterocycles. The summed E-state index contributed by atoms with van der Waals surface area (Å²) in [6.07, 6.45) is 1.05. The van der Waals surface area contributed by atoms with Crippen LogP contribution in [0.25, 0.3) is 16.0 Å². The Morgan fingerprint density at radius 3 is 2.88 bits per heavy atom. The Kier molecular flexibility index (Phi) is 3.26. The van der Waals surface area contributed by atoms with Gasteiger partial charge in [0.25, 0.3) is 5.56 Å². The van der Waals surface area contributed by atoms with E-state index in [1.165, 1.54) is 22.5 Å². The Hall–Kier alpha value is -2.51. The molecule has 0 fully saturated rings. The second kappa shape index (κ2) is 5.50. The molecular weight excluding hydrogens is 334 g/mol. The summed E-state index contributed by atoms with van der Waals surface area (Å²) in [6.45, 7) is 2.65. The number of fused-ring (bicyclic) bond motifs is 4. The zero-order valence-electron chi connectivity index (χ0n) is 13.8. The average Bonchev–Trinajstić information content (AvgIpc) is 3.26. The number of thiophene rings is 1. The molecular formula is C18H17N5OS. The molecule has 0 atom stereocenters. The minimum Gasteiger partial charge on any atom is -0.291 e. The molecule has 0 bridgehead atoms. The molecule has 0 radical (unpaired) electrons. The highest BCUT2D eigenvalue weighted by Crippen LogP contribution is 2.22. The minimum atomic E-state index is -0.0108. The van der Waals surface area contributed by atoms with Crippen LogP contribution in [0.4, 0.5) is 0 Å². The van der Waals surface area contributed by atoms with Crippen LogP contribution in [0, 0.1) is 0 Å². The van der Waals surface area contributed by atoms with Crippen LogP contribution < -0.4 is 5.56 Å². The van der Waals surface area contributed by atoms with Crippen LogP contribution in [-0.2, 0) is 26.6 Å². The second-order valence-corrected chi connectivity index (χ2v) is 7.40. The van der Waals surface area contributed by atoms with Gasteiger partial charge in [-0.1, -0.05) is 24.3 Å². The van der Waals surface area contributed by atoms with Gasteiger partial charge in [0.05, 0.1) is 12.1 Å². The highest BCUT2D eigenvalue weighted by Gasteiger charge is 2.20. The smallest absolute Gasteiger partial charge is 0.272 e. The molecule has 126 valence electrons. The maximum atomic E-state index is 12.4. The van der Waals surface area contributed by atoms with Crippen molar-refractivity contribution in [2.45, 2.75) is 19.5 Å². The molecule has 0 amide bonds. The van der Waals surface area contributed by atoms with Gasteiger partial charge in [-0.15, -0.1) is 21.5 Å². The Balaban J connectivity index is 1.57. The fourth-order valence-electron chi connectivity index (χ4n) is 3.64. The summed E-state index contributed by atoms with van der Waals surface area (Å²) in [7, 11) is 1.76. The highest BCUT2D eigenvalue weighted by atomic mass is 32.1. The molecule has 1 aliphatic rings. The van der Waals surface area contributed by atoms with E-state index in [4.69, 9.17) is 0 Å². The molecule has 5 rings (SSSR count). The second-order valence-electron chi connectivity index (χ2n) is 6.48. The lowest BCUT2D eigenvalue weighted by atomic mass is 10.00. The number of rotatable bonds is 2. The van der Waals surface area contributed by atoms with Gasteiger partial charge in [-0.05, 0) is 29.0 Å². The number of hydrogen-bond donors (Lipinski definition) is 0. The minimum absolute atomic E-state index is 0.0108. The molecule has 0 saturated carbocycles. The SMILES string of the molecule is Cn1c(=O)c2sccc2n2c(CN3CCc4ccccc4C3)nnc12. The van der Waals surface area contributed by atoms with Crippen molar-refractivity contribution in [2.75, 3.05) is 6.54 Å². The van der Waals surface area contributed by atoms with Crippen molar-refractivity contribution < 1.29 is 0 Å². The lowest BCUT2D eigenvalue weighted by molar-refractivity contribution is 0.239. The molecule has 4 heterocycles. The van der Waals surface area contributed by atoms with Crippen LogP contribution >= 0.6 is 11.3 Å². The third kappa shape index (κ3) is 2.23. The molecule has 7 heteroatoms. The molecule has 1 aliphatic heterocycles. The maximum absolute atomic E-state index is 12.4. The lowest BCUT2D eigenvalue weighted by Crippen LogP contribution is -2.31. The standard InChI is InChI=1S/C18H17N5OS/c1-21-17(24)16-14(7-9-25-16)23-15(19-20-18(21)23)11-22-8-6-12-4-2-3-5-13(12)10-22/h2-5,7,9H,6,8,10-11H2,1H3.